The summed E-state index contributed by atoms with van der Waals surface area (Å²) in [7, 11) is 0. The van der Waals surface area contributed by atoms with Gasteiger partial charge in [0.2, 0.25) is 5.91 Å². The first-order valence-electron chi connectivity index (χ1n) is 7.66. The van der Waals surface area contributed by atoms with Crippen molar-refractivity contribution < 1.29 is 9.53 Å². The van der Waals surface area contributed by atoms with Crippen LogP contribution in [-0.2, 0) is 9.53 Å². The minimum atomic E-state index is -0.664. The number of H-pyrrole nitrogens is 1. The maximum atomic E-state index is 12.7. The summed E-state index contributed by atoms with van der Waals surface area (Å²) in [6.45, 7) is 5.22. The van der Waals surface area contributed by atoms with Crippen LogP contribution in [-0.4, -0.2) is 45.7 Å². The molecule has 1 amide bonds. The van der Waals surface area contributed by atoms with E-state index in [0.717, 1.165) is 17.0 Å². The van der Waals surface area contributed by atoms with Crippen molar-refractivity contribution in [2.45, 2.75) is 26.0 Å². The van der Waals surface area contributed by atoms with E-state index in [1.165, 1.54) is 0 Å². The van der Waals surface area contributed by atoms with Crippen molar-refractivity contribution in [2.24, 2.45) is 5.73 Å². The summed E-state index contributed by atoms with van der Waals surface area (Å²) < 4.78 is 5.68. The lowest BCUT2D eigenvalue weighted by Crippen LogP contribution is -2.46. The molecule has 138 valence electrons. The SMILES string of the molecule is Cc1ccc(C(N)C(=O)N2CCOC(c3n[nH]c(C)n3)C2)cc1.Cl.Cl. The highest BCUT2D eigenvalue weighted by Crippen LogP contribution is 2.22. The molecule has 2 heterocycles. The van der Waals surface area contributed by atoms with Crippen LogP contribution in [0.3, 0.4) is 0 Å². The average molecular weight is 388 g/mol. The van der Waals surface area contributed by atoms with Gasteiger partial charge in [-0.2, -0.15) is 5.10 Å². The van der Waals surface area contributed by atoms with Crippen molar-refractivity contribution in [3.63, 3.8) is 0 Å². The number of rotatable bonds is 3. The summed E-state index contributed by atoms with van der Waals surface area (Å²) in [5, 5.41) is 6.91. The number of nitrogens with zero attached hydrogens (tertiary/aromatic N) is 3. The van der Waals surface area contributed by atoms with Crippen LogP contribution in [0.25, 0.3) is 0 Å². The smallest absolute Gasteiger partial charge is 0.244 e. The zero-order valence-electron chi connectivity index (χ0n) is 14.1. The summed E-state index contributed by atoms with van der Waals surface area (Å²) in [5.74, 6) is 1.20. The molecule has 9 heteroatoms. The van der Waals surface area contributed by atoms with Gasteiger partial charge in [-0.3, -0.25) is 9.89 Å². The van der Waals surface area contributed by atoms with E-state index in [-0.39, 0.29) is 36.8 Å². The number of amides is 1. The molecule has 2 atom stereocenters. The highest BCUT2D eigenvalue weighted by Gasteiger charge is 2.30. The number of aryl methyl sites for hydroxylation is 2. The van der Waals surface area contributed by atoms with Crippen molar-refractivity contribution in [1.82, 2.24) is 20.1 Å². The molecule has 0 spiro atoms. The van der Waals surface area contributed by atoms with Gasteiger partial charge in [-0.05, 0) is 19.4 Å². The van der Waals surface area contributed by atoms with Gasteiger partial charge in [-0.1, -0.05) is 29.8 Å². The molecule has 0 saturated carbocycles. The number of morpholine rings is 1. The highest BCUT2D eigenvalue weighted by molar-refractivity contribution is 5.85. The highest BCUT2D eigenvalue weighted by atomic mass is 35.5. The summed E-state index contributed by atoms with van der Waals surface area (Å²) in [6, 6.07) is 7.05. The Bertz CT molecular complexity index is 692. The van der Waals surface area contributed by atoms with Crippen LogP contribution >= 0.6 is 24.8 Å². The van der Waals surface area contributed by atoms with Gasteiger partial charge in [0.25, 0.3) is 0 Å². The summed E-state index contributed by atoms with van der Waals surface area (Å²) in [4.78, 5) is 18.7. The lowest BCUT2D eigenvalue weighted by atomic mass is 10.0. The van der Waals surface area contributed by atoms with E-state index in [2.05, 4.69) is 15.2 Å². The number of aromatic nitrogens is 3. The molecule has 0 aliphatic carbocycles. The van der Waals surface area contributed by atoms with Crippen molar-refractivity contribution in [3.8, 4) is 0 Å². The molecule has 2 unspecified atom stereocenters. The van der Waals surface area contributed by atoms with Gasteiger partial charge in [0, 0.05) is 6.54 Å². The van der Waals surface area contributed by atoms with Crippen molar-refractivity contribution >= 4 is 30.7 Å². The molecule has 2 aromatic rings. The molecule has 1 aromatic carbocycles. The molecule has 3 rings (SSSR count). The number of aromatic amines is 1. The van der Waals surface area contributed by atoms with E-state index in [1.807, 2.05) is 38.1 Å². The molecule has 1 fully saturated rings. The van der Waals surface area contributed by atoms with Gasteiger partial charge >= 0.3 is 0 Å². The van der Waals surface area contributed by atoms with Gasteiger partial charge in [0.1, 0.15) is 18.0 Å². The maximum absolute atomic E-state index is 12.7. The van der Waals surface area contributed by atoms with Crippen LogP contribution < -0.4 is 5.73 Å². The Morgan fingerprint density at radius 2 is 2.00 bits per heavy atom. The van der Waals surface area contributed by atoms with E-state index >= 15 is 0 Å². The van der Waals surface area contributed by atoms with E-state index in [9.17, 15) is 4.79 Å². The standard InChI is InChI=1S/C16H21N5O2.2ClH/c1-10-3-5-12(6-4-10)14(17)16(22)21-7-8-23-13(9-21)15-18-11(2)19-20-15;;/h3-6,13-14H,7-9,17H2,1-2H3,(H,18,19,20);2*1H. The molecule has 0 radical (unpaired) electrons. The monoisotopic (exact) mass is 387 g/mol. The predicted octanol–water partition coefficient (Wildman–Crippen LogP) is 1.87. The molecule has 1 aliphatic heterocycles. The number of halogens is 2. The van der Waals surface area contributed by atoms with Crippen LogP contribution in [0, 0.1) is 13.8 Å². The predicted molar refractivity (Wildman–Crippen MR) is 99.0 cm³/mol. The van der Waals surface area contributed by atoms with Crippen molar-refractivity contribution in [2.75, 3.05) is 19.7 Å². The third-order valence-electron chi connectivity index (χ3n) is 3.98. The van der Waals surface area contributed by atoms with Gasteiger partial charge in [-0.25, -0.2) is 4.98 Å². The Morgan fingerprint density at radius 3 is 2.60 bits per heavy atom. The normalized spacial score (nSPS) is 18.0. The topological polar surface area (TPSA) is 97.1 Å². The number of ether oxygens (including phenoxy) is 1. The zero-order valence-corrected chi connectivity index (χ0v) is 15.8. The summed E-state index contributed by atoms with van der Waals surface area (Å²) in [5.41, 5.74) is 8.09. The first-order chi connectivity index (χ1) is 11.0. The van der Waals surface area contributed by atoms with E-state index < -0.39 is 6.04 Å². The Balaban J connectivity index is 0.00000156. The fraction of sp³-hybridized carbons (Fsp3) is 0.438. The quantitative estimate of drug-likeness (QED) is 0.837. The molecule has 7 nitrogen and oxygen atoms in total. The van der Waals surface area contributed by atoms with Gasteiger partial charge < -0.3 is 15.4 Å². The molecule has 1 aliphatic rings. The fourth-order valence-electron chi connectivity index (χ4n) is 2.62. The lowest BCUT2D eigenvalue weighted by Gasteiger charge is -2.33. The van der Waals surface area contributed by atoms with Crippen molar-refractivity contribution in [3.05, 3.63) is 47.0 Å². The van der Waals surface area contributed by atoms with Crippen LogP contribution in [0.4, 0.5) is 0 Å². The molecule has 25 heavy (non-hydrogen) atoms. The van der Waals surface area contributed by atoms with Crippen LogP contribution in [0.2, 0.25) is 0 Å². The number of nitrogens with two attached hydrogens (primary N) is 1. The van der Waals surface area contributed by atoms with E-state index in [0.29, 0.717) is 25.5 Å². The first-order valence-corrected chi connectivity index (χ1v) is 7.66. The summed E-state index contributed by atoms with van der Waals surface area (Å²) in [6.07, 6.45) is -0.317. The second kappa shape index (κ2) is 9.15. The van der Waals surface area contributed by atoms with Crippen LogP contribution in [0.5, 0.6) is 0 Å². The molecule has 1 saturated heterocycles. The van der Waals surface area contributed by atoms with Crippen LogP contribution in [0.1, 0.15) is 34.9 Å². The third-order valence-corrected chi connectivity index (χ3v) is 3.98. The Labute approximate surface area is 159 Å². The fourth-order valence-corrected chi connectivity index (χ4v) is 2.62. The second-order valence-corrected chi connectivity index (χ2v) is 5.81. The largest absolute Gasteiger partial charge is 0.366 e. The average Bonchev–Trinajstić information content (AvgIpc) is 3.01. The number of carbonyl (C=O) groups is 1. The number of carbonyl (C=O) groups excluding carboxylic acids is 1. The Morgan fingerprint density at radius 1 is 1.32 bits per heavy atom. The zero-order chi connectivity index (χ0) is 16.4. The lowest BCUT2D eigenvalue weighted by molar-refractivity contribution is -0.140. The Hall–Kier alpha value is -1.67. The maximum Gasteiger partial charge on any atom is 0.244 e. The van der Waals surface area contributed by atoms with Gasteiger partial charge in [-0.15, -0.1) is 24.8 Å². The molecular formula is C16H23Cl2N5O2. The first kappa shape index (κ1) is 21.4. The molecule has 1 aromatic heterocycles. The second-order valence-electron chi connectivity index (χ2n) is 5.81. The van der Waals surface area contributed by atoms with E-state index in [4.69, 9.17) is 10.5 Å². The van der Waals surface area contributed by atoms with Crippen LogP contribution in [0.15, 0.2) is 24.3 Å². The minimum absolute atomic E-state index is 0. The van der Waals surface area contributed by atoms with E-state index in [1.54, 1.807) is 4.90 Å². The minimum Gasteiger partial charge on any atom is -0.366 e. The van der Waals surface area contributed by atoms with Crippen molar-refractivity contribution in [1.29, 1.82) is 0 Å². The number of hydrogen-bond donors (Lipinski definition) is 2. The molecular weight excluding hydrogens is 365 g/mol. The summed E-state index contributed by atoms with van der Waals surface area (Å²) >= 11 is 0. The number of benzene rings is 1. The van der Waals surface area contributed by atoms with Gasteiger partial charge in [0.05, 0.1) is 13.2 Å². The number of nitrogens with one attached hydrogen (secondary N) is 1. The third kappa shape index (κ3) is 4.92. The molecule has 0 bridgehead atoms. The number of hydrogen-bond acceptors (Lipinski definition) is 5. The molecule has 3 N–H and O–H groups in total. The van der Waals surface area contributed by atoms with Gasteiger partial charge in [0.15, 0.2) is 5.82 Å². The Kier molecular flexibility index (Phi) is 7.82.